The number of aromatic nitrogens is 1. The molecule has 3 heteroatoms. The molecule has 0 aliphatic rings. The summed E-state index contributed by atoms with van der Waals surface area (Å²) in [5.41, 5.74) is 7.25. The van der Waals surface area contributed by atoms with Crippen LogP contribution in [0.15, 0.2) is 18.3 Å². The van der Waals surface area contributed by atoms with Gasteiger partial charge in [-0.1, -0.05) is 33.8 Å². The van der Waals surface area contributed by atoms with Gasteiger partial charge in [0, 0.05) is 30.9 Å². The maximum atomic E-state index is 6.10. The zero-order valence-corrected chi connectivity index (χ0v) is 13.8. The molecule has 0 aromatic carbocycles. The van der Waals surface area contributed by atoms with Gasteiger partial charge in [-0.05, 0) is 37.7 Å². The number of pyridine rings is 1. The Kier molecular flexibility index (Phi) is 7.00. The van der Waals surface area contributed by atoms with E-state index in [1.54, 1.807) is 0 Å². The maximum Gasteiger partial charge on any atom is 0.133 e. The van der Waals surface area contributed by atoms with Gasteiger partial charge in [0.25, 0.3) is 0 Å². The van der Waals surface area contributed by atoms with E-state index in [1.165, 1.54) is 12.8 Å². The first-order valence-corrected chi connectivity index (χ1v) is 7.87. The predicted molar refractivity (Wildman–Crippen MR) is 88.0 cm³/mol. The zero-order valence-electron chi connectivity index (χ0n) is 13.8. The van der Waals surface area contributed by atoms with E-state index in [4.69, 9.17) is 5.73 Å². The fourth-order valence-electron chi connectivity index (χ4n) is 2.18. The van der Waals surface area contributed by atoms with Crippen LogP contribution in [-0.4, -0.2) is 18.1 Å². The first-order valence-electron chi connectivity index (χ1n) is 7.87. The van der Waals surface area contributed by atoms with Gasteiger partial charge in [-0.2, -0.15) is 0 Å². The topological polar surface area (TPSA) is 42.2 Å². The molecular weight excluding hydrogens is 246 g/mol. The van der Waals surface area contributed by atoms with Crippen LogP contribution in [0.1, 0.15) is 59.1 Å². The zero-order chi connectivity index (χ0) is 15.1. The maximum absolute atomic E-state index is 6.10. The summed E-state index contributed by atoms with van der Waals surface area (Å²) < 4.78 is 0. The van der Waals surface area contributed by atoms with Crippen molar-refractivity contribution in [3.05, 3.63) is 23.9 Å². The van der Waals surface area contributed by atoms with Crippen LogP contribution >= 0.6 is 0 Å². The van der Waals surface area contributed by atoms with E-state index in [2.05, 4.69) is 43.6 Å². The Morgan fingerprint density at radius 3 is 2.05 bits per heavy atom. The minimum absolute atomic E-state index is 0.0271. The highest BCUT2D eigenvalue weighted by Crippen LogP contribution is 2.24. The quantitative estimate of drug-likeness (QED) is 0.781. The van der Waals surface area contributed by atoms with Crippen LogP contribution in [0.3, 0.4) is 0 Å². The van der Waals surface area contributed by atoms with Crippen molar-refractivity contribution >= 4 is 5.82 Å². The molecule has 1 rings (SSSR count). The first-order chi connectivity index (χ1) is 9.41. The average Bonchev–Trinajstić information content (AvgIpc) is 2.38. The lowest BCUT2D eigenvalue weighted by Gasteiger charge is -2.28. The summed E-state index contributed by atoms with van der Waals surface area (Å²) in [4.78, 5) is 7.02. The molecule has 2 N–H and O–H groups in total. The van der Waals surface area contributed by atoms with Gasteiger partial charge in [-0.15, -0.1) is 0 Å². The van der Waals surface area contributed by atoms with E-state index in [0.29, 0.717) is 11.8 Å². The Bertz CT molecular complexity index is 374. The van der Waals surface area contributed by atoms with Crippen LogP contribution < -0.4 is 10.6 Å². The molecule has 3 nitrogen and oxygen atoms in total. The second-order valence-electron chi connectivity index (χ2n) is 6.56. The summed E-state index contributed by atoms with van der Waals surface area (Å²) in [5.74, 6) is 2.49. The highest BCUT2D eigenvalue weighted by atomic mass is 15.2. The number of hydrogen-bond donors (Lipinski definition) is 1. The van der Waals surface area contributed by atoms with Gasteiger partial charge in [-0.3, -0.25) is 0 Å². The second kappa shape index (κ2) is 8.25. The van der Waals surface area contributed by atoms with Crippen LogP contribution in [0.25, 0.3) is 0 Å². The highest BCUT2D eigenvalue weighted by molar-refractivity contribution is 5.48. The molecule has 0 fully saturated rings. The second-order valence-corrected chi connectivity index (χ2v) is 6.56. The fourth-order valence-corrected chi connectivity index (χ4v) is 2.18. The number of anilines is 1. The van der Waals surface area contributed by atoms with Crippen LogP contribution in [0, 0.1) is 11.8 Å². The van der Waals surface area contributed by atoms with Crippen molar-refractivity contribution < 1.29 is 0 Å². The number of nitrogens with two attached hydrogens (primary N) is 1. The smallest absolute Gasteiger partial charge is 0.133 e. The lowest BCUT2D eigenvalue weighted by molar-refractivity contribution is 0.531. The van der Waals surface area contributed by atoms with Gasteiger partial charge in [0.1, 0.15) is 5.82 Å². The molecule has 0 unspecified atom stereocenters. The van der Waals surface area contributed by atoms with E-state index >= 15 is 0 Å². The van der Waals surface area contributed by atoms with Crippen molar-refractivity contribution in [2.24, 2.45) is 17.6 Å². The Morgan fingerprint density at radius 1 is 1.05 bits per heavy atom. The molecule has 0 aliphatic carbocycles. The predicted octanol–water partition coefficient (Wildman–Crippen LogP) is 4.00. The summed E-state index contributed by atoms with van der Waals surface area (Å²) in [5, 5.41) is 0. The fraction of sp³-hybridized carbons (Fsp3) is 0.706. The third-order valence-corrected chi connectivity index (χ3v) is 3.56. The Morgan fingerprint density at radius 2 is 1.60 bits per heavy atom. The summed E-state index contributed by atoms with van der Waals surface area (Å²) in [6, 6.07) is 4.11. The van der Waals surface area contributed by atoms with Gasteiger partial charge >= 0.3 is 0 Å². The van der Waals surface area contributed by atoms with Crippen LogP contribution in [0.2, 0.25) is 0 Å². The van der Waals surface area contributed by atoms with E-state index in [1.807, 2.05) is 19.2 Å². The van der Waals surface area contributed by atoms with Gasteiger partial charge < -0.3 is 10.6 Å². The highest BCUT2D eigenvalue weighted by Gasteiger charge is 2.15. The molecule has 0 bridgehead atoms. The molecule has 0 aliphatic heterocycles. The first kappa shape index (κ1) is 17.0. The van der Waals surface area contributed by atoms with Crippen molar-refractivity contribution in [3.63, 3.8) is 0 Å². The molecule has 0 amide bonds. The normalized spacial score (nSPS) is 13.0. The van der Waals surface area contributed by atoms with E-state index in [-0.39, 0.29) is 6.04 Å². The lowest BCUT2D eigenvalue weighted by Crippen LogP contribution is -2.30. The average molecular weight is 277 g/mol. The van der Waals surface area contributed by atoms with Crippen LogP contribution in [0.5, 0.6) is 0 Å². The summed E-state index contributed by atoms with van der Waals surface area (Å²) in [6.07, 6.45) is 4.25. The van der Waals surface area contributed by atoms with Gasteiger partial charge in [0.15, 0.2) is 0 Å². The molecular formula is C17H31N3. The molecule has 0 radical (unpaired) electrons. The SMILES string of the molecule is CC(C)CCN(CCC(C)C)c1ncccc1[C@@H](C)N. The lowest BCUT2D eigenvalue weighted by atomic mass is 10.1. The summed E-state index contributed by atoms with van der Waals surface area (Å²) >= 11 is 0. The molecule has 0 spiro atoms. The minimum atomic E-state index is 0.0271. The van der Waals surface area contributed by atoms with Crippen molar-refractivity contribution in [1.82, 2.24) is 4.98 Å². The third kappa shape index (κ3) is 5.49. The number of hydrogen-bond acceptors (Lipinski definition) is 3. The molecule has 1 aromatic heterocycles. The van der Waals surface area contributed by atoms with E-state index in [0.717, 1.165) is 24.5 Å². The Hall–Kier alpha value is -1.09. The molecule has 0 saturated carbocycles. The summed E-state index contributed by atoms with van der Waals surface area (Å²) in [7, 11) is 0. The molecule has 1 aromatic rings. The van der Waals surface area contributed by atoms with Crippen molar-refractivity contribution in [2.75, 3.05) is 18.0 Å². The largest absolute Gasteiger partial charge is 0.356 e. The van der Waals surface area contributed by atoms with Crippen molar-refractivity contribution in [2.45, 2.75) is 53.5 Å². The standard InChI is InChI=1S/C17H31N3/c1-13(2)8-11-20(12-9-14(3)4)17-16(15(5)18)7-6-10-19-17/h6-7,10,13-15H,8-9,11-12,18H2,1-5H3/t15-/m1/s1. The van der Waals surface area contributed by atoms with E-state index in [9.17, 15) is 0 Å². The van der Waals surface area contributed by atoms with Gasteiger partial charge in [-0.25, -0.2) is 4.98 Å². The number of nitrogens with zero attached hydrogens (tertiary/aromatic N) is 2. The van der Waals surface area contributed by atoms with Crippen molar-refractivity contribution in [3.8, 4) is 0 Å². The third-order valence-electron chi connectivity index (χ3n) is 3.56. The van der Waals surface area contributed by atoms with Gasteiger partial charge in [0.05, 0.1) is 0 Å². The van der Waals surface area contributed by atoms with Crippen LogP contribution in [0.4, 0.5) is 5.82 Å². The van der Waals surface area contributed by atoms with Gasteiger partial charge in [0.2, 0.25) is 0 Å². The molecule has 20 heavy (non-hydrogen) atoms. The number of rotatable bonds is 8. The molecule has 1 atom stereocenters. The molecule has 0 saturated heterocycles. The van der Waals surface area contributed by atoms with Crippen molar-refractivity contribution in [1.29, 1.82) is 0 Å². The monoisotopic (exact) mass is 277 g/mol. The minimum Gasteiger partial charge on any atom is -0.356 e. The van der Waals surface area contributed by atoms with Crippen LogP contribution in [-0.2, 0) is 0 Å². The van der Waals surface area contributed by atoms with E-state index < -0.39 is 0 Å². The Balaban J connectivity index is 2.90. The summed E-state index contributed by atoms with van der Waals surface area (Å²) in [6.45, 7) is 13.2. The molecule has 114 valence electrons. The molecule has 1 heterocycles. The Labute approximate surface area is 124 Å².